The fourth-order valence-electron chi connectivity index (χ4n) is 3.95. The minimum Gasteiger partial charge on any atom is -0.352 e. The third kappa shape index (κ3) is 7.65. The Morgan fingerprint density at radius 3 is 2.45 bits per heavy atom. The molecule has 0 radical (unpaired) electrons. The van der Waals surface area contributed by atoms with Crippen LogP contribution < -0.4 is 11.1 Å². The molecule has 1 aliphatic rings. The van der Waals surface area contributed by atoms with Crippen LogP contribution in [0.1, 0.15) is 50.8 Å². The molecule has 3 N–H and O–H groups in total. The van der Waals surface area contributed by atoms with E-state index in [0.29, 0.717) is 6.42 Å². The van der Waals surface area contributed by atoms with Gasteiger partial charge in [0.1, 0.15) is 0 Å². The number of rotatable bonds is 7. The zero-order chi connectivity index (χ0) is 19.2. The van der Waals surface area contributed by atoms with Gasteiger partial charge in [0.15, 0.2) is 0 Å². The average Bonchev–Trinajstić information content (AvgIpc) is 3.09. The van der Waals surface area contributed by atoms with E-state index in [2.05, 4.69) is 36.3 Å². The number of hydrogen-bond donors (Lipinski definition) is 2. The first kappa shape index (κ1) is 25.5. The molecular formula is C22H34Cl2N4O. The van der Waals surface area contributed by atoms with Crippen LogP contribution in [0.2, 0.25) is 0 Å². The lowest BCUT2D eigenvalue weighted by atomic mass is 9.79. The molecule has 1 atom stereocenters. The number of nitrogens with zero attached hydrogens (tertiary/aromatic N) is 2. The Morgan fingerprint density at radius 2 is 1.83 bits per heavy atom. The molecule has 2 aromatic rings. The van der Waals surface area contributed by atoms with Gasteiger partial charge in [-0.1, -0.05) is 44.2 Å². The lowest BCUT2D eigenvalue weighted by molar-refractivity contribution is -0.123. The Balaban J connectivity index is 0.00000210. The van der Waals surface area contributed by atoms with Gasteiger partial charge in [0, 0.05) is 25.2 Å². The van der Waals surface area contributed by atoms with Crippen LogP contribution in [0.5, 0.6) is 0 Å². The number of halogens is 2. The lowest BCUT2D eigenvalue weighted by Crippen LogP contribution is -2.47. The van der Waals surface area contributed by atoms with E-state index in [1.54, 1.807) is 6.33 Å². The highest BCUT2D eigenvalue weighted by atomic mass is 35.5. The quantitative estimate of drug-likeness (QED) is 0.683. The van der Waals surface area contributed by atoms with E-state index in [1.165, 1.54) is 18.4 Å². The number of carbonyl (C=O) groups is 1. The summed E-state index contributed by atoms with van der Waals surface area (Å²) in [6, 6.07) is 9.97. The van der Waals surface area contributed by atoms with E-state index < -0.39 is 6.04 Å². The van der Waals surface area contributed by atoms with Gasteiger partial charge in [0.25, 0.3) is 0 Å². The molecule has 7 heteroatoms. The van der Waals surface area contributed by atoms with E-state index in [9.17, 15) is 4.79 Å². The van der Waals surface area contributed by atoms with E-state index in [4.69, 9.17) is 5.73 Å². The highest BCUT2D eigenvalue weighted by Gasteiger charge is 2.25. The van der Waals surface area contributed by atoms with Crippen molar-refractivity contribution in [3.05, 3.63) is 54.1 Å². The number of nitrogens with one attached hydrogen (secondary N) is 1. The maximum absolute atomic E-state index is 12.5. The average molecular weight is 441 g/mol. The molecule has 1 heterocycles. The second kappa shape index (κ2) is 12.2. The molecular weight excluding hydrogens is 407 g/mol. The minimum atomic E-state index is -0.548. The molecule has 1 fully saturated rings. The van der Waals surface area contributed by atoms with Crippen LogP contribution in [0.4, 0.5) is 0 Å². The Kier molecular flexibility index (Phi) is 10.7. The molecule has 0 spiro atoms. The normalized spacial score (nSPS) is 19.7. The van der Waals surface area contributed by atoms with E-state index in [0.717, 1.165) is 36.9 Å². The summed E-state index contributed by atoms with van der Waals surface area (Å²) >= 11 is 0. The number of nitrogens with two attached hydrogens (primary N) is 1. The molecule has 1 aromatic carbocycles. The molecule has 162 valence electrons. The van der Waals surface area contributed by atoms with Crippen LogP contribution in [-0.4, -0.2) is 27.5 Å². The fraction of sp³-hybridized carbons (Fsp3) is 0.545. The van der Waals surface area contributed by atoms with Crippen molar-refractivity contribution in [3.63, 3.8) is 0 Å². The molecule has 0 aliphatic heterocycles. The van der Waals surface area contributed by atoms with Crippen LogP contribution in [0.15, 0.2) is 42.9 Å². The second-order valence-electron chi connectivity index (χ2n) is 8.20. The molecule has 1 aromatic heterocycles. The Labute approximate surface area is 186 Å². The Morgan fingerprint density at radius 1 is 1.17 bits per heavy atom. The van der Waals surface area contributed by atoms with Gasteiger partial charge >= 0.3 is 0 Å². The summed E-state index contributed by atoms with van der Waals surface area (Å²) in [7, 11) is 0. The predicted molar refractivity (Wildman–Crippen MR) is 123 cm³/mol. The number of benzene rings is 1. The van der Waals surface area contributed by atoms with Crippen molar-refractivity contribution in [2.45, 2.75) is 64.6 Å². The van der Waals surface area contributed by atoms with Crippen molar-refractivity contribution in [1.29, 1.82) is 0 Å². The molecule has 1 saturated carbocycles. The number of carbonyl (C=O) groups excluding carboxylic acids is 1. The smallest absolute Gasteiger partial charge is 0.237 e. The van der Waals surface area contributed by atoms with Crippen LogP contribution in [0.3, 0.4) is 0 Å². The molecule has 0 bridgehead atoms. The predicted octanol–water partition coefficient (Wildman–Crippen LogP) is 3.98. The van der Waals surface area contributed by atoms with E-state index in [-0.39, 0.29) is 36.8 Å². The van der Waals surface area contributed by atoms with Gasteiger partial charge in [-0.2, -0.15) is 0 Å². The van der Waals surface area contributed by atoms with Gasteiger partial charge in [-0.05, 0) is 43.1 Å². The molecule has 3 rings (SSSR count). The van der Waals surface area contributed by atoms with Gasteiger partial charge in [-0.25, -0.2) is 4.98 Å². The van der Waals surface area contributed by atoms with Crippen LogP contribution in [0.25, 0.3) is 0 Å². The van der Waals surface area contributed by atoms with Gasteiger partial charge in [0.2, 0.25) is 5.91 Å². The zero-order valence-corrected chi connectivity index (χ0v) is 18.9. The highest BCUT2D eigenvalue weighted by molar-refractivity contribution is 5.85. The molecule has 1 amide bonds. The summed E-state index contributed by atoms with van der Waals surface area (Å²) in [5.74, 6) is 1.47. The standard InChI is InChI=1S/C22H32N4O.2ClH/c1-16(2)18-8-10-19(11-9-18)25-22(27)21(23)12-20-14-26(15-24-20)13-17-6-4-3-5-7-17;;/h3-7,14-16,18-19,21H,8-13,23H2,1-2H3,(H,25,27);2*1H/t18?,19?,21-;;/m0../s1. The zero-order valence-electron chi connectivity index (χ0n) is 17.3. The van der Waals surface area contributed by atoms with Crippen LogP contribution in [-0.2, 0) is 17.8 Å². The second-order valence-corrected chi connectivity index (χ2v) is 8.20. The van der Waals surface area contributed by atoms with Crippen LogP contribution >= 0.6 is 24.8 Å². The summed E-state index contributed by atoms with van der Waals surface area (Å²) in [4.78, 5) is 16.9. The monoisotopic (exact) mass is 440 g/mol. The molecule has 0 unspecified atom stereocenters. The topological polar surface area (TPSA) is 72.9 Å². The van der Waals surface area contributed by atoms with E-state index in [1.807, 2.05) is 29.0 Å². The van der Waals surface area contributed by atoms with Crippen molar-refractivity contribution in [3.8, 4) is 0 Å². The third-order valence-electron chi connectivity index (χ3n) is 5.72. The summed E-state index contributed by atoms with van der Waals surface area (Å²) in [5.41, 5.74) is 8.22. The molecule has 0 saturated heterocycles. The van der Waals surface area contributed by atoms with Crippen molar-refractivity contribution in [1.82, 2.24) is 14.9 Å². The number of hydrogen-bond acceptors (Lipinski definition) is 3. The summed E-state index contributed by atoms with van der Waals surface area (Å²) in [5, 5.41) is 3.15. The number of imidazole rings is 1. The molecule has 5 nitrogen and oxygen atoms in total. The van der Waals surface area contributed by atoms with Gasteiger partial charge in [-0.3, -0.25) is 4.79 Å². The van der Waals surface area contributed by atoms with Gasteiger partial charge in [-0.15, -0.1) is 24.8 Å². The summed E-state index contributed by atoms with van der Waals surface area (Å²) < 4.78 is 2.03. The SMILES string of the molecule is CC(C)C1CCC(NC(=O)[C@@H](N)Cc2cn(Cc3ccccc3)cn2)CC1.Cl.Cl. The largest absolute Gasteiger partial charge is 0.352 e. The summed E-state index contributed by atoms with van der Waals surface area (Å²) in [6.45, 7) is 5.35. The third-order valence-corrected chi connectivity index (χ3v) is 5.72. The van der Waals surface area contributed by atoms with Crippen molar-refractivity contribution in [2.75, 3.05) is 0 Å². The van der Waals surface area contributed by atoms with Crippen molar-refractivity contribution in [2.24, 2.45) is 17.6 Å². The highest BCUT2D eigenvalue weighted by Crippen LogP contribution is 2.29. The number of amides is 1. The maximum atomic E-state index is 12.5. The molecule has 1 aliphatic carbocycles. The minimum absolute atomic E-state index is 0. The Bertz CT molecular complexity index is 727. The maximum Gasteiger partial charge on any atom is 0.237 e. The van der Waals surface area contributed by atoms with Crippen molar-refractivity contribution >= 4 is 30.7 Å². The Hall–Kier alpha value is -1.56. The summed E-state index contributed by atoms with van der Waals surface area (Å²) in [6.07, 6.45) is 8.77. The molecule has 29 heavy (non-hydrogen) atoms. The fourth-order valence-corrected chi connectivity index (χ4v) is 3.95. The van der Waals surface area contributed by atoms with Crippen LogP contribution in [0, 0.1) is 11.8 Å². The first-order valence-electron chi connectivity index (χ1n) is 10.1. The van der Waals surface area contributed by atoms with Gasteiger partial charge < -0.3 is 15.6 Å². The first-order valence-corrected chi connectivity index (χ1v) is 10.1. The van der Waals surface area contributed by atoms with Crippen molar-refractivity contribution < 1.29 is 4.79 Å². The lowest BCUT2D eigenvalue weighted by Gasteiger charge is -2.31. The van der Waals surface area contributed by atoms with Gasteiger partial charge in [0.05, 0.1) is 18.1 Å². The number of aromatic nitrogens is 2. The van der Waals surface area contributed by atoms with E-state index >= 15 is 0 Å². The first-order chi connectivity index (χ1) is 13.0.